The Kier molecular flexibility index (Phi) is 6.06. The van der Waals surface area contributed by atoms with Gasteiger partial charge in [-0.25, -0.2) is 8.42 Å². The predicted octanol–water partition coefficient (Wildman–Crippen LogP) is 5.83. The van der Waals surface area contributed by atoms with Gasteiger partial charge < -0.3 is 0 Å². The predicted molar refractivity (Wildman–Crippen MR) is 121 cm³/mol. The van der Waals surface area contributed by atoms with Crippen molar-refractivity contribution in [3.05, 3.63) is 105 Å². The van der Waals surface area contributed by atoms with E-state index < -0.39 is 10.0 Å². The minimum absolute atomic E-state index is 0.00341. The van der Waals surface area contributed by atoms with Crippen LogP contribution in [0.4, 0.5) is 5.13 Å². The second kappa shape index (κ2) is 8.73. The molecule has 0 fully saturated rings. The number of halogens is 2. The standard InChI is InChI=1S/C21H15Cl2N3O2S2/c22-17-12-11-16(13-18(17)23)30(27,28)26-21-25-24-20(29-21)19(14-7-3-1-4-8-14)15-9-5-2-6-10-15/h1-13,19H,(H,25,26). The molecule has 4 rings (SSSR count). The number of hydrogen-bond acceptors (Lipinski definition) is 5. The summed E-state index contributed by atoms with van der Waals surface area (Å²) in [5.41, 5.74) is 2.08. The van der Waals surface area contributed by atoms with Crippen molar-refractivity contribution < 1.29 is 8.42 Å². The van der Waals surface area contributed by atoms with Gasteiger partial charge in [-0.15, -0.1) is 10.2 Å². The molecular weight excluding hydrogens is 461 g/mol. The fourth-order valence-electron chi connectivity index (χ4n) is 2.98. The van der Waals surface area contributed by atoms with E-state index in [4.69, 9.17) is 23.2 Å². The van der Waals surface area contributed by atoms with Crippen molar-refractivity contribution in [2.24, 2.45) is 0 Å². The number of aromatic nitrogens is 2. The van der Waals surface area contributed by atoms with E-state index in [1.807, 2.05) is 60.7 Å². The number of nitrogens with one attached hydrogen (secondary N) is 1. The maximum absolute atomic E-state index is 12.7. The van der Waals surface area contributed by atoms with Crippen LogP contribution in [0.1, 0.15) is 22.1 Å². The Morgan fingerprint density at radius 2 is 1.40 bits per heavy atom. The highest BCUT2D eigenvalue weighted by molar-refractivity contribution is 7.93. The van der Waals surface area contributed by atoms with E-state index in [1.165, 1.54) is 29.5 Å². The van der Waals surface area contributed by atoms with Gasteiger partial charge in [0, 0.05) is 0 Å². The van der Waals surface area contributed by atoms with Crippen LogP contribution in [0, 0.1) is 0 Å². The summed E-state index contributed by atoms with van der Waals surface area (Å²) in [6.45, 7) is 0. The molecule has 9 heteroatoms. The van der Waals surface area contributed by atoms with Crippen molar-refractivity contribution in [3.8, 4) is 0 Å². The fraction of sp³-hybridized carbons (Fsp3) is 0.0476. The third kappa shape index (κ3) is 4.49. The molecule has 0 spiro atoms. The maximum Gasteiger partial charge on any atom is 0.263 e. The summed E-state index contributed by atoms with van der Waals surface area (Å²) in [4.78, 5) is -0.00341. The Balaban J connectivity index is 1.67. The average Bonchev–Trinajstić information content (AvgIpc) is 3.19. The summed E-state index contributed by atoms with van der Waals surface area (Å²) in [5.74, 6) is -0.159. The molecule has 1 N–H and O–H groups in total. The van der Waals surface area contributed by atoms with Crippen molar-refractivity contribution in [2.75, 3.05) is 4.72 Å². The summed E-state index contributed by atoms with van der Waals surface area (Å²) in [5, 5.41) is 9.62. The molecule has 0 unspecified atom stereocenters. The van der Waals surface area contributed by atoms with Crippen LogP contribution in [-0.4, -0.2) is 18.6 Å². The Bertz CT molecular complexity index is 1220. The highest BCUT2D eigenvalue weighted by Crippen LogP contribution is 2.35. The molecule has 30 heavy (non-hydrogen) atoms. The first-order chi connectivity index (χ1) is 14.4. The summed E-state index contributed by atoms with van der Waals surface area (Å²) in [7, 11) is -3.88. The van der Waals surface area contributed by atoms with Crippen LogP contribution >= 0.6 is 34.5 Å². The zero-order valence-corrected chi connectivity index (χ0v) is 18.5. The lowest BCUT2D eigenvalue weighted by atomic mass is 9.92. The van der Waals surface area contributed by atoms with Crippen LogP contribution in [0.3, 0.4) is 0 Å². The van der Waals surface area contributed by atoms with E-state index in [9.17, 15) is 8.42 Å². The topological polar surface area (TPSA) is 72.0 Å². The average molecular weight is 476 g/mol. The second-order valence-corrected chi connectivity index (χ2v) is 9.89. The quantitative estimate of drug-likeness (QED) is 0.380. The molecule has 0 aliphatic rings. The minimum atomic E-state index is -3.88. The van der Waals surface area contributed by atoms with Gasteiger partial charge in [-0.05, 0) is 29.3 Å². The largest absolute Gasteiger partial charge is 0.263 e. The molecule has 0 saturated heterocycles. The number of benzene rings is 3. The van der Waals surface area contributed by atoms with E-state index >= 15 is 0 Å². The summed E-state index contributed by atoms with van der Waals surface area (Å²) in [6, 6.07) is 23.9. The van der Waals surface area contributed by atoms with E-state index in [2.05, 4.69) is 14.9 Å². The van der Waals surface area contributed by atoms with E-state index in [0.29, 0.717) is 5.01 Å². The van der Waals surface area contributed by atoms with Crippen molar-refractivity contribution >= 4 is 49.7 Å². The Labute approximate surface area is 188 Å². The van der Waals surface area contributed by atoms with Gasteiger partial charge in [-0.3, -0.25) is 4.72 Å². The Morgan fingerprint density at radius 3 is 1.97 bits per heavy atom. The van der Waals surface area contributed by atoms with Gasteiger partial charge in [0.25, 0.3) is 10.0 Å². The number of anilines is 1. The monoisotopic (exact) mass is 475 g/mol. The van der Waals surface area contributed by atoms with Gasteiger partial charge >= 0.3 is 0 Å². The van der Waals surface area contributed by atoms with Crippen molar-refractivity contribution in [1.82, 2.24) is 10.2 Å². The lowest BCUT2D eigenvalue weighted by Crippen LogP contribution is -2.12. The zero-order chi connectivity index (χ0) is 21.1. The lowest BCUT2D eigenvalue weighted by molar-refractivity contribution is 0.601. The van der Waals surface area contributed by atoms with Crippen LogP contribution in [0.2, 0.25) is 10.0 Å². The molecule has 1 aromatic heterocycles. The highest BCUT2D eigenvalue weighted by Gasteiger charge is 2.23. The van der Waals surface area contributed by atoms with Crippen molar-refractivity contribution in [2.45, 2.75) is 10.8 Å². The number of rotatable bonds is 6. The molecule has 3 aromatic carbocycles. The summed E-state index contributed by atoms with van der Waals surface area (Å²) >= 11 is 13.0. The first-order valence-corrected chi connectivity index (χ1v) is 11.9. The number of sulfonamides is 1. The van der Waals surface area contributed by atoms with Gasteiger partial charge in [0.05, 0.1) is 20.9 Å². The van der Waals surface area contributed by atoms with Crippen LogP contribution < -0.4 is 4.72 Å². The first kappa shape index (κ1) is 20.8. The molecule has 152 valence electrons. The second-order valence-electron chi connectivity index (χ2n) is 6.38. The SMILES string of the molecule is O=S(=O)(Nc1nnc(C(c2ccccc2)c2ccccc2)s1)c1ccc(Cl)c(Cl)c1. The first-order valence-electron chi connectivity index (χ1n) is 8.85. The number of hydrogen-bond donors (Lipinski definition) is 1. The summed E-state index contributed by atoms with van der Waals surface area (Å²) < 4.78 is 27.9. The smallest absolute Gasteiger partial charge is 0.253 e. The molecule has 5 nitrogen and oxygen atoms in total. The van der Waals surface area contributed by atoms with Gasteiger partial charge in [-0.1, -0.05) is 95.2 Å². The lowest BCUT2D eigenvalue weighted by Gasteiger charge is -2.14. The van der Waals surface area contributed by atoms with Gasteiger partial charge in [0.1, 0.15) is 5.01 Å². The Morgan fingerprint density at radius 1 is 0.800 bits per heavy atom. The van der Waals surface area contributed by atoms with Gasteiger partial charge in [0.2, 0.25) is 5.13 Å². The number of nitrogens with zero attached hydrogens (tertiary/aromatic N) is 2. The molecule has 0 atom stereocenters. The van der Waals surface area contributed by atoms with Gasteiger partial charge in [-0.2, -0.15) is 0 Å². The molecular formula is C21H15Cl2N3O2S2. The molecule has 4 aromatic rings. The van der Waals surface area contributed by atoms with Crippen LogP contribution in [0.5, 0.6) is 0 Å². The van der Waals surface area contributed by atoms with Crippen molar-refractivity contribution in [1.29, 1.82) is 0 Å². The third-order valence-corrected chi connectivity index (χ3v) is 7.48. The van der Waals surface area contributed by atoms with Crippen LogP contribution in [0.15, 0.2) is 83.8 Å². The molecule has 1 heterocycles. The summed E-state index contributed by atoms with van der Waals surface area (Å²) in [6.07, 6.45) is 0. The van der Waals surface area contributed by atoms with E-state index in [0.717, 1.165) is 11.1 Å². The van der Waals surface area contributed by atoms with E-state index in [1.54, 1.807) is 0 Å². The molecule has 0 saturated carbocycles. The molecule has 0 aliphatic heterocycles. The van der Waals surface area contributed by atoms with Crippen LogP contribution in [-0.2, 0) is 10.0 Å². The van der Waals surface area contributed by atoms with Gasteiger partial charge in [0.15, 0.2) is 0 Å². The third-order valence-electron chi connectivity index (χ3n) is 4.38. The zero-order valence-electron chi connectivity index (χ0n) is 15.4. The van der Waals surface area contributed by atoms with E-state index in [-0.39, 0.29) is 26.0 Å². The van der Waals surface area contributed by atoms with Crippen molar-refractivity contribution in [3.63, 3.8) is 0 Å². The normalized spacial score (nSPS) is 11.6. The highest BCUT2D eigenvalue weighted by atomic mass is 35.5. The maximum atomic E-state index is 12.7. The fourth-order valence-corrected chi connectivity index (χ4v) is 5.50. The molecule has 0 radical (unpaired) electrons. The molecule has 0 bridgehead atoms. The molecule has 0 amide bonds. The van der Waals surface area contributed by atoms with Crippen LogP contribution in [0.25, 0.3) is 0 Å². The minimum Gasteiger partial charge on any atom is -0.253 e. The molecule has 0 aliphatic carbocycles. The Hall–Kier alpha value is -2.45.